The zero-order valence-corrected chi connectivity index (χ0v) is 17.0. The first-order valence-electron chi connectivity index (χ1n) is 8.63. The topological polar surface area (TPSA) is 42.0 Å². The zero-order valence-electron chi connectivity index (χ0n) is 15.4. The van der Waals surface area contributed by atoms with Crippen LogP contribution in [-0.4, -0.2) is 10.9 Å². The highest BCUT2D eigenvalue weighted by molar-refractivity contribution is 9.10. The Labute approximate surface area is 158 Å². The van der Waals surface area contributed by atoms with E-state index in [1.807, 2.05) is 26.0 Å². The van der Waals surface area contributed by atoms with Crippen LogP contribution in [0.1, 0.15) is 52.3 Å². The molecule has 0 aliphatic heterocycles. The predicted octanol–water partition coefficient (Wildman–Crippen LogP) is 5.57. The lowest BCUT2D eigenvalue weighted by atomic mass is 10.0. The van der Waals surface area contributed by atoms with Gasteiger partial charge in [-0.15, -0.1) is 6.58 Å². The van der Waals surface area contributed by atoms with Crippen molar-refractivity contribution in [2.45, 2.75) is 47.0 Å². The van der Waals surface area contributed by atoms with Crippen LogP contribution in [0.15, 0.2) is 35.3 Å². The third kappa shape index (κ3) is 4.01. The second-order valence-corrected chi connectivity index (χ2v) is 6.85. The number of amides is 1. The molecule has 0 radical (unpaired) electrons. The first-order chi connectivity index (χ1) is 11.9. The number of para-hydroxylation sites is 1. The van der Waals surface area contributed by atoms with Gasteiger partial charge in [-0.3, -0.25) is 9.78 Å². The standard InChI is InChI=1S/C21H25BrN2O/c1-6-10-17-13(4)23-14(5)18(19(17)22)21(25)24-20-15(7-2)11-9-12-16(20)8-3/h6,9,11-12H,1,7-8,10H2,2-5H3,(H,24,25). The van der Waals surface area contributed by atoms with Gasteiger partial charge in [0.05, 0.1) is 11.3 Å². The molecule has 0 atom stereocenters. The molecule has 0 saturated carbocycles. The fourth-order valence-electron chi connectivity index (χ4n) is 3.07. The lowest BCUT2D eigenvalue weighted by molar-refractivity contribution is 0.102. The minimum atomic E-state index is -0.127. The van der Waals surface area contributed by atoms with Crippen LogP contribution in [-0.2, 0) is 19.3 Å². The number of aromatic nitrogens is 1. The van der Waals surface area contributed by atoms with Gasteiger partial charge >= 0.3 is 0 Å². The van der Waals surface area contributed by atoms with Crippen LogP contribution in [0.5, 0.6) is 0 Å². The van der Waals surface area contributed by atoms with Crippen LogP contribution >= 0.6 is 15.9 Å². The number of halogens is 1. The Morgan fingerprint density at radius 2 is 1.80 bits per heavy atom. The Kier molecular flexibility index (Phi) is 6.54. The smallest absolute Gasteiger partial charge is 0.258 e. The molecule has 132 valence electrons. The van der Waals surface area contributed by atoms with E-state index in [0.29, 0.717) is 12.0 Å². The van der Waals surface area contributed by atoms with Crippen molar-refractivity contribution in [2.24, 2.45) is 0 Å². The molecule has 1 heterocycles. The zero-order chi connectivity index (χ0) is 18.6. The van der Waals surface area contributed by atoms with Crippen LogP contribution in [0.25, 0.3) is 0 Å². The fourth-order valence-corrected chi connectivity index (χ4v) is 3.98. The highest BCUT2D eigenvalue weighted by atomic mass is 79.9. The van der Waals surface area contributed by atoms with E-state index in [0.717, 1.165) is 51.1 Å². The molecule has 1 aromatic heterocycles. The maximum absolute atomic E-state index is 13.1. The van der Waals surface area contributed by atoms with Gasteiger partial charge in [-0.2, -0.15) is 0 Å². The van der Waals surface area contributed by atoms with E-state index in [1.165, 1.54) is 0 Å². The summed E-state index contributed by atoms with van der Waals surface area (Å²) < 4.78 is 0.807. The summed E-state index contributed by atoms with van der Waals surface area (Å²) in [6, 6.07) is 6.17. The van der Waals surface area contributed by atoms with Crippen LogP contribution in [0.2, 0.25) is 0 Å². The Balaban J connectivity index is 2.50. The Morgan fingerprint density at radius 1 is 1.20 bits per heavy atom. The molecule has 1 N–H and O–H groups in total. The fraction of sp³-hybridized carbons (Fsp3) is 0.333. The second kappa shape index (κ2) is 8.43. The molecule has 4 heteroatoms. The van der Waals surface area contributed by atoms with Crippen LogP contribution in [0.3, 0.4) is 0 Å². The molecule has 0 fully saturated rings. The summed E-state index contributed by atoms with van der Waals surface area (Å²) in [7, 11) is 0. The number of hydrogen-bond acceptors (Lipinski definition) is 2. The number of nitrogens with zero attached hydrogens (tertiary/aromatic N) is 1. The molecule has 0 aliphatic rings. The number of nitrogens with one attached hydrogen (secondary N) is 1. The highest BCUT2D eigenvalue weighted by Crippen LogP contribution is 2.29. The number of pyridine rings is 1. The summed E-state index contributed by atoms with van der Waals surface area (Å²) in [5, 5.41) is 3.13. The van der Waals surface area contributed by atoms with Gasteiger partial charge in [0.15, 0.2) is 0 Å². The molecule has 0 saturated heterocycles. The Hall–Kier alpha value is -1.94. The van der Waals surface area contributed by atoms with Gasteiger partial charge in [-0.05, 0) is 65.7 Å². The Bertz CT molecular complexity index is 790. The van der Waals surface area contributed by atoms with Crippen molar-refractivity contribution < 1.29 is 4.79 Å². The molecule has 2 aromatic rings. The molecule has 2 rings (SSSR count). The molecule has 3 nitrogen and oxygen atoms in total. The molecule has 0 aliphatic carbocycles. The average molecular weight is 401 g/mol. The van der Waals surface area contributed by atoms with Crippen molar-refractivity contribution in [3.05, 3.63) is 69.0 Å². The molecular formula is C21H25BrN2O. The maximum atomic E-state index is 13.1. The van der Waals surface area contributed by atoms with Crippen molar-refractivity contribution >= 4 is 27.5 Å². The largest absolute Gasteiger partial charge is 0.321 e. The van der Waals surface area contributed by atoms with Crippen molar-refractivity contribution in [3.63, 3.8) is 0 Å². The van der Waals surface area contributed by atoms with Crippen molar-refractivity contribution in [3.8, 4) is 0 Å². The molecular weight excluding hydrogens is 376 g/mol. The van der Waals surface area contributed by atoms with Gasteiger partial charge in [0.2, 0.25) is 0 Å². The van der Waals surface area contributed by atoms with E-state index in [2.05, 4.69) is 58.8 Å². The van der Waals surface area contributed by atoms with Crippen molar-refractivity contribution in [1.29, 1.82) is 0 Å². The number of aryl methyl sites for hydroxylation is 4. The van der Waals surface area contributed by atoms with Gasteiger partial charge < -0.3 is 5.32 Å². The average Bonchev–Trinajstić information content (AvgIpc) is 2.58. The van der Waals surface area contributed by atoms with E-state index >= 15 is 0 Å². The summed E-state index contributed by atoms with van der Waals surface area (Å²) in [5.74, 6) is -0.127. The number of hydrogen-bond donors (Lipinski definition) is 1. The number of rotatable bonds is 6. The number of carbonyl (C=O) groups is 1. The molecule has 25 heavy (non-hydrogen) atoms. The maximum Gasteiger partial charge on any atom is 0.258 e. The quantitative estimate of drug-likeness (QED) is 0.644. The van der Waals surface area contributed by atoms with Crippen molar-refractivity contribution in [1.82, 2.24) is 4.98 Å². The van der Waals surface area contributed by atoms with Gasteiger partial charge in [0.1, 0.15) is 0 Å². The number of allylic oxidation sites excluding steroid dienone is 1. The molecule has 1 amide bonds. The summed E-state index contributed by atoms with van der Waals surface area (Å²) in [5.41, 5.74) is 6.46. The summed E-state index contributed by atoms with van der Waals surface area (Å²) in [6.07, 6.45) is 4.24. The van der Waals surface area contributed by atoms with Gasteiger partial charge in [-0.1, -0.05) is 38.1 Å². The third-order valence-electron chi connectivity index (χ3n) is 4.43. The monoisotopic (exact) mass is 400 g/mol. The molecule has 0 bridgehead atoms. The van der Waals surface area contributed by atoms with E-state index in [9.17, 15) is 4.79 Å². The predicted molar refractivity (Wildman–Crippen MR) is 108 cm³/mol. The third-order valence-corrected chi connectivity index (χ3v) is 5.31. The van der Waals surface area contributed by atoms with Crippen LogP contribution < -0.4 is 5.32 Å². The molecule has 1 aromatic carbocycles. The normalized spacial score (nSPS) is 10.6. The number of carbonyl (C=O) groups excluding carboxylic acids is 1. The highest BCUT2D eigenvalue weighted by Gasteiger charge is 2.20. The van der Waals surface area contributed by atoms with E-state index < -0.39 is 0 Å². The minimum Gasteiger partial charge on any atom is -0.321 e. The number of benzene rings is 1. The summed E-state index contributed by atoms with van der Waals surface area (Å²) in [4.78, 5) is 17.6. The van der Waals surface area contributed by atoms with Crippen LogP contribution in [0, 0.1) is 13.8 Å². The number of anilines is 1. The van der Waals surface area contributed by atoms with Gasteiger partial charge in [0.25, 0.3) is 5.91 Å². The molecule has 0 unspecified atom stereocenters. The summed E-state index contributed by atoms with van der Waals surface area (Å²) >= 11 is 3.62. The molecule has 0 spiro atoms. The Morgan fingerprint density at radius 3 is 2.32 bits per heavy atom. The van der Waals surface area contributed by atoms with Gasteiger partial charge in [-0.25, -0.2) is 0 Å². The van der Waals surface area contributed by atoms with E-state index in [4.69, 9.17) is 0 Å². The minimum absolute atomic E-state index is 0.127. The van der Waals surface area contributed by atoms with Crippen LogP contribution in [0.4, 0.5) is 5.69 Å². The second-order valence-electron chi connectivity index (χ2n) is 6.06. The lowest BCUT2D eigenvalue weighted by Crippen LogP contribution is -2.18. The lowest BCUT2D eigenvalue weighted by Gasteiger charge is -2.17. The van der Waals surface area contributed by atoms with E-state index in [1.54, 1.807) is 0 Å². The first kappa shape index (κ1) is 19.4. The van der Waals surface area contributed by atoms with Gasteiger partial charge in [0, 0.05) is 15.9 Å². The SMILES string of the molecule is C=CCc1c(C)nc(C)c(C(=O)Nc2c(CC)cccc2CC)c1Br. The van der Waals surface area contributed by atoms with Crippen molar-refractivity contribution in [2.75, 3.05) is 5.32 Å². The van der Waals surface area contributed by atoms with E-state index in [-0.39, 0.29) is 5.91 Å². The summed E-state index contributed by atoms with van der Waals surface area (Å²) in [6.45, 7) is 11.8. The first-order valence-corrected chi connectivity index (χ1v) is 9.42.